The molecule has 1 unspecified atom stereocenters. The van der Waals surface area contributed by atoms with Crippen LogP contribution in [-0.4, -0.2) is 18.3 Å². The van der Waals surface area contributed by atoms with Gasteiger partial charge in [-0.2, -0.15) is 0 Å². The van der Waals surface area contributed by atoms with E-state index in [1.807, 2.05) is 24.3 Å². The number of hydrogen-bond acceptors (Lipinski definition) is 2. The van der Waals surface area contributed by atoms with Crippen molar-refractivity contribution in [2.75, 3.05) is 6.61 Å². The van der Waals surface area contributed by atoms with Gasteiger partial charge in [0.25, 0.3) is 0 Å². The summed E-state index contributed by atoms with van der Waals surface area (Å²) in [6, 6.07) is 7.61. The fraction of sp³-hybridized carbons (Fsp3) is 0.571. The first kappa shape index (κ1) is 11.4. The van der Waals surface area contributed by atoms with Crippen LogP contribution < -0.4 is 4.74 Å². The van der Waals surface area contributed by atoms with Gasteiger partial charge >= 0.3 is 0 Å². The van der Waals surface area contributed by atoms with Gasteiger partial charge < -0.3 is 9.47 Å². The van der Waals surface area contributed by atoms with Gasteiger partial charge in [-0.15, -0.1) is 0 Å². The summed E-state index contributed by atoms with van der Waals surface area (Å²) in [4.78, 5) is 0. The fourth-order valence-corrected chi connectivity index (χ4v) is 2.83. The quantitative estimate of drug-likeness (QED) is 0.797. The average molecular weight is 253 g/mol. The monoisotopic (exact) mass is 252 g/mol. The molecule has 0 radical (unpaired) electrons. The van der Waals surface area contributed by atoms with E-state index in [0.717, 1.165) is 30.2 Å². The Labute approximate surface area is 107 Å². The van der Waals surface area contributed by atoms with Gasteiger partial charge in [0.15, 0.2) is 0 Å². The van der Waals surface area contributed by atoms with E-state index in [4.69, 9.17) is 21.1 Å². The van der Waals surface area contributed by atoms with Crippen molar-refractivity contribution in [3.63, 3.8) is 0 Å². The topological polar surface area (TPSA) is 18.5 Å². The lowest BCUT2D eigenvalue weighted by molar-refractivity contribution is -0.153. The average Bonchev–Trinajstić information content (AvgIpc) is 2.31. The molecular formula is C14H17ClO2. The standard InChI is InChI=1S/C14H17ClO2/c15-11-2-4-12(5-3-11)17-13-6-9-16-14(10-13)7-1-8-14/h2-5,13H,1,6-10H2. The molecule has 1 spiro atoms. The lowest BCUT2D eigenvalue weighted by Crippen LogP contribution is -2.48. The second-order valence-corrected chi connectivity index (χ2v) is 5.51. The van der Waals surface area contributed by atoms with Gasteiger partial charge in [-0.05, 0) is 43.5 Å². The number of rotatable bonds is 2. The van der Waals surface area contributed by atoms with Gasteiger partial charge in [-0.3, -0.25) is 0 Å². The lowest BCUT2D eigenvalue weighted by atomic mass is 9.74. The van der Waals surface area contributed by atoms with Crippen LogP contribution in [0.25, 0.3) is 0 Å². The zero-order chi connectivity index (χ0) is 11.7. The van der Waals surface area contributed by atoms with Crippen LogP contribution in [-0.2, 0) is 4.74 Å². The molecule has 3 rings (SSSR count). The minimum Gasteiger partial charge on any atom is -0.490 e. The molecule has 17 heavy (non-hydrogen) atoms. The first-order valence-electron chi connectivity index (χ1n) is 6.32. The molecule has 1 aromatic rings. The van der Waals surface area contributed by atoms with E-state index < -0.39 is 0 Å². The molecule has 2 aliphatic rings. The van der Waals surface area contributed by atoms with Crippen molar-refractivity contribution in [3.05, 3.63) is 29.3 Å². The highest BCUT2D eigenvalue weighted by Crippen LogP contribution is 2.43. The number of hydrogen-bond donors (Lipinski definition) is 0. The minimum atomic E-state index is 0.148. The van der Waals surface area contributed by atoms with Crippen molar-refractivity contribution in [2.45, 2.75) is 43.8 Å². The zero-order valence-corrected chi connectivity index (χ0v) is 10.6. The Morgan fingerprint density at radius 3 is 2.65 bits per heavy atom. The van der Waals surface area contributed by atoms with Crippen molar-refractivity contribution in [3.8, 4) is 5.75 Å². The van der Waals surface area contributed by atoms with E-state index in [1.54, 1.807) is 0 Å². The van der Waals surface area contributed by atoms with Crippen molar-refractivity contribution in [1.29, 1.82) is 0 Å². The Bertz CT molecular complexity index is 384. The minimum absolute atomic E-state index is 0.148. The van der Waals surface area contributed by atoms with Crippen LogP contribution in [0.15, 0.2) is 24.3 Å². The van der Waals surface area contributed by atoms with Gasteiger partial charge in [-0.1, -0.05) is 11.6 Å². The second-order valence-electron chi connectivity index (χ2n) is 5.07. The molecule has 1 aliphatic carbocycles. The predicted octanol–water partition coefficient (Wildman–Crippen LogP) is 3.82. The van der Waals surface area contributed by atoms with Crippen LogP contribution in [0.1, 0.15) is 32.1 Å². The summed E-state index contributed by atoms with van der Waals surface area (Å²) >= 11 is 5.86. The Hall–Kier alpha value is -0.730. The van der Waals surface area contributed by atoms with Gasteiger partial charge in [0, 0.05) is 17.9 Å². The summed E-state index contributed by atoms with van der Waals surface area (Å²) in [6.07, 6.45) is 6.03. The predicted molar refractivity (Wildman–Crippen MR) is 67.6 cm³/mol. The second kappa shape index (κ2) is 4.51. The maximum atomic E-state index is 6.00. The lowest BCUT2D eigenvalue weighted by Gasteiger charge is -2.46. The van der Waals surface area contributed by atoms with E-state index in [0.29, 0.717) is 6.10 Å². The van der Waals surface area contributed by atoms with Crippen LogP contribution in [0.3, 0.4) is 0 Å². The van der Waals surface area contributed by atoms with Gasteiger partial charge in [0.05, 0.1) is 12.2 Å². The van der Waals surface area contributed by atoms with Crippen LogP contribution in [0.4, 0.5) is 0 Å². The summed E-state index contributed by atoms with van der Waals surface area (Å²) in [7, 11) is 0. The van der Waals surface area contributed by atoms with Crippen molar-refractivity contribution >= 4 is 11.6 Å². The Morgan fingerprint density at radius 1 is 1.24 bits per heavy atom. The van der Waals surface area contributed by atoms with Crippen LogP contribution in [0.5, 0.6) is 5.75 Å². The highest BCUT2D eigenvalue weighted by atomic mass is 35.5. The first-order chi connectivity index (χ1) is 8.26. The molecule has 92 valence electrons. The Morgan fingerprint density at radius 2 is 2.00 bits per heavy atom. The molecule has 2 fully saturated rings. The van der Waals surface area contributed by atoms with Crippen molar-refractivity contribution in [2.24, 2.45) is 0 Å². The summed E-state index contributed by atoms with van der Waals surface area (Å²) in [6.45, 7) is 0.832. The third-order valence-corrected chi connectivity index (χ3v) is 4.08. The summed E-state index contributed by atoms with van der Waals surface area (Å²) < 4.78 is 11.9. The zero-order valence-electron chi connectivity index (χ0n) is 9.82. The van der Waals surface area contributed by atoms with E-state index in [9.17, 15) is 0 Å². The van der Waals surface area contributed by atoms with Crippen LogP contribution in [0.2, 0.25) is 5.02 Å². The Balaban J connectivity index is 1.63. The van der Waals surface area contributed by atoms with E-state index in [-0.39, 0.29) is 5.60 Å². The third kappa shape index (κ3) is 2.43. The largest absolute Gasteiger partial charge is 0.490 e. The molecule has 2 nitrogen and oxygen atoms in total. The number of halogens is 1. The highest BCUT2D eigenvalue weighted by molar-refractivity contribution is 6.30. The SMILES string of the molecule is Clc1ccc(OC2CCOC3(CCC3)C2)cc1. The molecule has 1 saturated heterocycles. The highest BCUT2D eigenvalue weighted by Gasteiger charge is 2.43. The number of ether oxygens (including phenoxy) is 2. The molecule has 0 amide bonds. The fourth-order valence-electron chi connectivity index (χ4n) is 2.71. The van der Waals surface area contributed by atoms with Crippen molar-refractivity contribution < 1.29 is 9.47 Å². The molecule has 1 saturated carbocycles. The van der Waals surface area contributed by atoms with E-state index >= 15 is 0 Å². The molecule has 1 aromatic carbocycles. The molecule has 1 atom stereocenters. The van der Waals surface area contributed by atoms with Gasteiger partial charge in [-0.25, -0.2) is 0 Å². The molecule has 0 bridgehead atoms. The molecule has 0 N–H and O–H groups in total. The van der Waals surface area contributed by atoms with Crippen molar-refractivity contribution in [1.82, 2.24) is 0 Å². The summed E-state index contributed by atoms with van der Waals surface area (Å²) in [5.41, 5.74) is 0.148. The first-order valence-corrected chi connectivity index (χ1v) is 6.70. The van der Waals surface area contributed by atoms with E-state index in [2.05, 4.69) is 0 Å². The van der Waals surface area contributed by atoms with E-state index in [1.165, 1.54) is 19.3 Å². The smallest absolute Gasteiger partial charge is 0.119 e. The molecule has 1 aliphatic heterocycles. The summed E-state index contributed by atoms with van der Waals surface area (Å²) in [5, 5.41) is 0.750. The molecular weight excluding hydrogens is 236 g/mol. The maximum absolute atomic E-state index is 6.00. The number of benzene rings is 1. The Kier molecular flexibility index (Phi) is 3.01. The normalized spacial score (nSPS) is 26.5. The van der Waals surface area contributed by atoms with Gasteiger partial charge in [0.1, 0.15) is 11.9 Å². The third-order valence-electron chi connectivity index (χ3n) is 3.83. The van der Waals surface area contributed by atoms with Crippen LogP contribution >= 0.6 is 11.6 Å². The summed E-state index contributed by atoms with van der Waals surface area (Å²) in [5.74, 6) is 0.913. The molecule has 0 aromatic heterocycles. The van der Waals surface area contributed by atoms with Crippen LogP contribution in [0, 0.1) is 0 Å². The van der Waals surface area contributed by atoms with Gasteiger partial charge in [0.2, 0.25) is 0 Å². The molecule has 3 heteroatoms. The molecule has 1 heterocycles. The maximum Gasteiger partial charge on any atom is 0.119 e.